The van der Waals surface area contributed by atoms with E-state index in [1.54, 1.807) is 18.2 Å². The summed E-state index contributed by atoms with van der Waals surface area (Å²) >= 11 is 5.93. The molecule has 3 aromatic rings. The molecule has 0 saturated carbocycles. The third-order valence-corrected chi connectivity index (χ3v) is 4.24. The molecule has 6 heteroatoms. The van der Waals surface area contributed by atoms with Gasteiger partial charge in [0.15, 0.2) is 0 Å². The SMILES string of the molecule is Cc1ccc(NC(=O)c2cncc(C(=O)Nc3ccc(Cl)cc3C)c2)cc1. The molecule has 0 radical (unpaired) electrons. The van der Waals surface area contributed by atoms with Crippen LogP contribution in [-0.4, -0.2) is 16.8 Å². The molecule has 0 spiro atoms. The van der Waals surface area contributed by atoms with Crippen molar-refractivity contribution in [3.05, 3.63) is 88.2 Å². The molecule has 27 heavy (non-hydrogen) atoms. The molecule has 2 N–H and O–H groups in total. The maximum atomic E-state index is 12.5. The van der Waals surface area contributed by atoms with Crippen LogP contribution in [-0.2, 0) is 0 Å². The highest BCUT2D eigenvalue weighted by molar-refractivity contribution is 6.30. The molecule has 0 aliphatic rings. The monoisotopic (exact) mass is 379 g/mol. The van der Waals surface area contributed by atoms with Gasteiger partial charge in [0.1, 0.15) is 0 Å². The second-order valence-electron chi connectivity index (χ2n) is 6.20. The number of aryl methyl sites for hydroxylation is 2. The smallest absolute Gasteiger partial charge is 0.257 e. The number of nitrogens with one attached hydrogen (secondary N) is 2. The first-order valence-electron chi connectivity index (χ1n) is 8.33. The summed E-state index contributed by atoms with van der Waals surface area (Å²) in [7, 11) is 0. The lowest BCUT2D eigenvalue weighted by molar-refractivity contribution is 0.102. The zero-order valence-electron chi connectivity index (χ0n) is 14.9. The van der Waals surface area contributed by atoms with Crippen LogP contribution in [0.4, 0.5) is 11.4 Å². The molecule has 0 bridgehead atoms. The molecule has 5 nitrogen and oxygen atoms in total. The van der Waals surface area contributed by atoms with E-state index >= 15 is 0 Å². The van der Waals surface area contributed by atoms with Gasteiger partial charge in [-0.1, -0.05) is 29.3 Å². The van der Waals surface area contributed by atoms with Gasteiger partial charge < -0.3 is 10.6 Å². The number of amides is 2. The molecule has 0 atom stereocenters. The molecule has 0 saturated heterocycles. The van der Waals surface area contributed by atoms with Gasteiger partial charge in [0, 0.05) is 28.8 Å². The molecule has 0 fully saturated rings. The summed E-state index contributed by atoms with van der Waals surface area (Å²) in [6, 6.07) is 14.2. The van der Waals surface area contributed by atoms with Crippen molar-refractivity contribution in [3.63, 3.8) is 0 Å². The van der Waals surface area contributed by atoms with Crippen LogP contribution >= 0.6 is 11.6 Å². The standard InChI is InChI=1S/C21H18ClN3O2/c1-13-3-6-18(7-4-13)24-20(26)15-10-16(12-23-11-15)21(27)25-19-8-5-17(22)9-14(19)2/h3-12H,1-2H3,(H,24,26)(H,25,27). The minimum absolute atomic E-state index is 0.293. The van der Waals surface area contributed by atoms with E-state index in [0.29, 0.717) is 27.5 Å². The first-order valence-corrected chi connectivity index (χ1v) is 8.71. The van der Waals surface area contributed by atoms with E-state index in [4.69, 9.17) is 11.6 Å². The molecule has 2 aromatic carbocycles. The summed E-state index contributed by atoms with van der Waals surface area (Å²) in [4.78, 5) is 29.0. The van der Waals surface area contributed by atoms with E-state index in [9.17, 15) is 9.59 Å². The van der Waals surface area contributed by atoms with Gasteiger partial charge in [0.2, 0.25) is 0 Å². The lowest BCUT2D eigenvalue weighted by Crippen LogP contribution is -2.16. The summed E-state index contributed by atoms with van der Waals surface area (Å²) in [6.07, 6.45) is 2.84. The van der Waals surface area contributed by atoms with Gasteiger partial charge in [-0.05, 0) is 55.8 Å². The highest BCUT2D eigenvalue weighted by Crippen LogP contribution is 2.20. The Bertz CT molecular complexity index is 1000. The Morgan fingerprint density at radius 3 is 2.11 bits per heavy atom. The van der Waals surface area contributed by atoms with Gasteiger partial charge in [-0.25, -0.2) is 0 Å². The summed E-state index contributed by atoms with van der Waals surface area (Å²) in [5, 5.41) is 6.20. The second kappa shape index (κ2) is 8.01. The third-order valence-electron chi connectivity index (χ3n) is 4.01. The third kappa shape index (κ3) is 4.71. The summed E-state index contributed by atoms with van der Waals surface area (Å²) in [5.74, 6) is -0.679. The number of halogens is 1. The first kappa shape index (κ1) is 18.6. The number of carbonyl (C=O) groups excluding carboxylic acids is 2. The van der Waals surface area contributed by atoms with E-state index in [1.807, 2.05) is 38.1 Å². The Morgan fingerprint density at radius 1 is 0.852 bits per heavy atom. The van der Waals surface area contributed by atoms with Crippen molar-refractivity contribution in [1.82, 2.24) is 4.98 Å². The number of aromatic nitrogens is 1. The van der Waals surface area contributed by atoms with Crippen LogP contribution in [0.1, 0.15) is 31.8 Å². The topological polar surface area (TPSA) is 71.1 Å². The number of rotatable bonds is 4. The fourth-order valence-electron chi connectivity index (χ4n) is 2.49. The molecular formula is C21H18ClN3O2. The number of hydrogen-bond acceptors (Lipinski definition) is 3. The van der Waals surface area contributed by atoms with Crippen LogP contribution in [0.5, 0.6) is 0 Å². The molecule has 0 unspecified atom stereocenters. The molecule has 0 aliphatic carbocycles. The Kier molecular flexibility index (Phi) is 5.52. The fourth-order valence-corrected chi connectivity index (χ4v) is 2.72. The summed E-state index contributed by atoms with van der Waals surface area (Å²) in [6.45, 7) is 3.82. The van der Waals surface area contributed by atoms with Crippen LogP contribution in [0.2, 0.25) is 5.02 Å². The van der Waals surface area contributed by atoms with Crippen molar-refractivity contribution in [3.8, 4) is 0 Å². The number of anilines is 2. The van der Waals surface area contributed by atoms with Crippen molar-refractivity contribution in [1.29, 1.82) is 0 Å². The molecule has 1 aromatic heterocycles. The van der Waals surface area contributed by atoms with Crippen LogP contribution in [0.15, 0.2) is 60.9 Å². The number of carbonyl (C=O) groups is 2. The lowest BCUT2D eigenvalue weighted by Gasteiger charge is -2.10. The number of benzene rings is 2. The van der Waals surface area contributed by atoms with Crippen molar-refractivity contribution < 1.29 is 9.59 Å². The van der Waals surface area contributed by atoms with Crippen LogP contribution in [0.25, 0.3) is 0 Å². The van der Waals surface area contributed by atoms with Crippen molar-refractivity contribution in [2.24, 2.45) is 0 Å². The van der Waals surface area contributed by atoms with E-state index in [-0.39, 0.29) is 11.8 Å². The summed E-state index contributed by atoms with van der Waals surface area (Å²) in [5.41, 5.74) is 3.87. The average molecular weight is 380 g/mol. The normalized spacial score (nSPS) is 10.3. The predicted octanol–water partition coefficient (Wildman–Crippen LogP) is 4.86. The molecule has 2 amide bonds. The van der Waals surface area contributed by atoms with Crippen molar-refractivity contribution in [2.45, 2.75) is 13.8 Å². The quantitative estimate of drug-likeness (QED) is 0.680. The van der Waals surface area contributed by atoms with Gasteiger partial charge in [-0.2, -0.15) is 0 Å². The zero-order valence-corrected chi connectivity index (χ0v) is 15.7. The van der Waals surface area contributed by atoms with Crippen molar-refractivity contribution in [2.75, 3.05) is 10.6 Å². The number of nitrogens with zero attached hydrogens (tertiary/aromatic N) is 1. The molecule has 3 rings (SSSR count). The highest BCUT2D eigenvalue weighted by Gasteiger charge is 2.13. The minimum atomic E-state index is -0.349. The molecule has 0 aliphatic heterocycles. The van der Waals surface area contributed by atoms with Crippen LogP contribution < -0.4 is 10.6 Å². The van der Waals surface area contributed by atoms with E-state index in [2.05, 4.69) is 15.6 Å². The fraction of sp³-hybridized carbons (Fsp3) is 0.0952. The van der Waals surface area contributed by atoms with Gasteiger partial charge in [-0.3, -0.25) is 14.6 Å². The van der Waals surface area contributed by atoms with Gasteiger partial charge in [0.05, 0.1) is 11.1 Å². The predicted molar refractivity (Wildman–Crippen MR) is 108 cm³/mol. The van der Waals surface area contributed by atoms with Crippen LogP contribution in [0, 0.1) is 13.8 Å². The molecule has 136 valence electrons. The lowest BCUT2D eigenvalue weighted by atomic mass is 10.1. The maximum absolute atomic E-state index is 12.5. The average Bonchev–Trinajstić information content (AvgIpc) is 2.66. The Balaban J connectivity index is 1.75. The minimum Gasteiger partial charge on any atom is -0.322 e. The summed E-state index contributed by atoms with van der Waals surface area (Å²) < 4.78 is 0. The maximum Gasteiger partial charge on any atom is 0.257 e. The van der Waals surface area contributed by atoms with Gasteiger partial charge >= 0.3 is 0 Å². The highest BCUT2D eigenvalue weighted by atomic mass is 35.5. The largest absolute Gasteiger partial charge is 0.322 e. The molecular weight excluding hydrogens is 362 g/mol. The number of pyridine rings is 1. The van der Waals surface area contributed by atoms with E-state index in [1.165, 1.54) is 18.5 Å². The zero-order chi connectivity index (χ0) is 19.4. The number of hydrogen-bond donors (Lipinski definition) is 2. The Hall–Kier alpha value is -3.18. The Labute approximate surface area is 162 Å². The first-order chi connectivity index (χ1) is 12.9. The van der Waals surface area contributed by atoms with Crippen molar-refractivity contribution >= 4 is 34.8 Å². The van der Waals surface area contributed by atoms with E-state index < -0.39 is 0 Å². The van der Waals surface area contributed by atoms with Gasteiger partial charge in [0.25, 0.3) is 11.8 Å². The van der Waals surface area contributed by atoms with E-state index in [0.717, 1.165) is 11.1 Å². The Morgan fingerprint density at radius 2 is 1.48 bits per heavy atom. The van der Waals surface area contributed by atoms with Crippen LogP contribution in [0.3, 0.4) is 0 Å². The molecule has 1 heterocycles. The second-order valence-corrected chi connectivity index (χ2v) is 6.63. The van der Waals surface area contributed by atoms with Gasteiger partial charge in [-0.15, -0.1) is 0 Å².